The minimum absolute atomic E-state index is 0.0314. The molecule has 1 fully saturated rings. The first-order valence-corrected chi connectivity index (χ1v) is 7.76. The van der Waals surface area contributed by atoms with Crippen LogP contribution in [0.5, 0.6) is 0 Å². The van der Waals surface area contributed by atoms with Crippen LogP contribution < -0.4 is 11.3 Å². The maximum Gasteiger partial charge on any atom is 0.152 e. The number of hydrogen-bond acceptors (Lipinski definition) is 8. The Morgan fingerprint density at radius 1 is 1.57 bits per heavy atom. The molecule has 0 aliphatic carbocycles. The smallest absolute Gasteiger partial charge is 0.152 e. The van der Waals surface area contributed by atoms with Crippen molar-refractivity contribution < 1.29 is 9.84 Å². The summed E-state index contributed by atoms with van der Waals surface area (Å²) in [7, 11) is 0. The molecule has 2 atom stereocenters. The summed E-state index contributed by atoms with van der Waals surface area (Å²) in [6, 6.07) is 2.22. The lowest BCUT2D eigenvalue weighted by Gasteiger charge is -2.36. The van der Waals surface area contributed by atoms with Crippen LogP contribution in [0.2, 0.25) is 0 Å². The van der Waals surface area contributed by atoms with E-state index >= 15 is 0 Å². The van der Waals surface area contributed by atoms with Gasteiger partial charge in [0, 0.05) is 12.6 Å². The van der Waals surface area contributed by atoms with Gasteiger partial charge in [-0.1, -0.05) is 0 Å². The minimum Gasteiger partial charge on any atom is -0.394 e. The Morgan fingerprint density at radius 3 is 3.19 bits per heavy atom. The van der Waals surface area contributed by atoms with Crippen molar-refractivity contribution in [2.75, 3.05) is 25.2 Å². The second-order valence-corrected chi connectivity index (χ2v) is 6.08. The number of rotatable bonds is 4. The number of nitrogens with zero attached hydrogens (tertiary/aromatic N) is 3. The number of aliphatic hydroxyl groups is 1. The Kier molecular flexibility index (Phi) is 4.32. The van der Waals surface area contributed by atoms with Gasteiger partial charge in [0.05, 0.1) is 31.2 Å². The van der Waals surface area contributed by atoms with Crippen LogP contribution >= 0.6 is 11.3 Å². The molecule has 3 heterocycles. The zero-order valence-corrected chi connectivity index (χ0v) is 12.6. The van der Waals surface area contributed by atoms with Crippen molar-refractivity contribution in [1.29, 1.82) is 0 Å². The van der Waals surface area contributed by atoms with Crippen LogP contribution in [0.3, 0.4) is 0 Å². The summed E-state index contributed by atoms with van der Waals surface area (Å²) in [4.78, 5) is 12.2. The fourth-order valence-corrected chi connectivity index (χ4v) is 3.25. The molecule has 0 aromatic carbocycles. The SMILES string of the molecule is CC1COC(CO)CN1Cc1nc(NN)c2ccsc2n1. The van der Waals surface area contributed by atoms with Crippen LogP contribution in [-0.4, -0.2) is 51.9 Å². The van der Waals surface area contributed by atoms with Crippen molar-refractivity contribution in [1.82, 2.24) is 14.9 Å². The van der Waals surface area contributed by atoms with E-state index < -0.39 is 0 Å². The highest BCUT2D eigenvalue weighted by molar-refractivity contribution is 7.16. The number of hydrazine groups is 1. The number of anilines is 1. The highest BCUT2D eigenvalue weighted by atomic mass is 32.1. The minimum atomic E-state index is -0.140. The average Bonchev–Trinajstić information content (AvgIpc) is 2.97. The Bertz CT molecular complexity index is 620. The Balaban J connectivity index is 1.83. The van der Waals surface area contributed by atoms with Gasteiger partial charge in [0.25, 0.3) is 0 Å². The van der Waals surface area contributed by atoms with E-state index in [-0.39, 0.29) is 18.8 Å². The van der Waals surface area contributed by atoms with Crippen molar-refractivity contribution >= 4 is 27.4 Å². The number of ether oxygens (including phenoxy) is 1. The number of aromatic nitrogens is 2. The van der Waals surface area contributed by atoms with Crippen molar-refractivity contribution in [3.05, 3.63) is 17.3 Å². The molecular formula is C13H19N5O2S. The lowest BCUT2D eigenvalue weighted by atomic mass is 10.2. The predicted molar refractivity (Wildman–Crippen MR) is 81.9 cm³/mol. The molecule has 1 saturated heterocycles. The summed E-state index contributed by atoms with van der Waals surface area (Å²) in [6.45, 7) is 4.02. The molecule has 4 N–H and O–H groups in total. The number of thiophene rings is 1. The van der Waals surface area contributed by atoms with Gasteiger partial charge in [-0.3, -0.25) is 4.90 Å². The van der Waals surface area contributed by atoms with Crippen molar-refractivity contribution in [3.63, 3.8) is 0 Å². The van der Waals surface area contributed by atoms with Gasteiger partial charge in [0.15, 0.2) is 5.82 Å². The molecule has 114 valence electrons. The zero-order valence-electron chi connectivity index (χ0n) is 11.8. The molecule has 1 aliphatic heterocycles. The molecule has 8 heteroatoms. The summed E-state index contributed by atoms with van der Waals surface area (Å²) in [6.07, 6.45) is -0.140. The lowest BCUT2D eigenvalue weighted by Crippen LogP contribution is -2.49. The van der Waals surface area contributed by atoms with Crippen LogP contribution in [0, 0.1) is 0 Å². The molecule has 7 nitrogen and oxygen atoms in total. The molecule has 2 aromatic rings. The van der Waals surface area contributed by atoms with E-state index in [0.29, 0.717) is 25.5 Å². The van der Waals surface area contributed by atoms with Crippen LogP contribution in [0.25, 0.3) is 10.2 Å². The second kappa shape index (κ2) is 6.20. The topological polar surface area (TPSA) is 96.5 Å². The van der Waals surface area contributed by atoms with Crippen LogP contribution in [-0.2, 0) is 11.3 Å². The number of aliphatic hydroxyl groups excluding tert-OH is 1. The number of nitrogens with two attached hydrogens (primary N) is 1. The summed E-state index contributed by atoms with van der Waals surface area (Å²) in [5.74, 6) is 6.92. The molecule has 0 saturated carbocycles. The van der Waals surface area contributed by atoms with Crippen molar-refractivity contribution in [3.8, 4) is 0 Å². The molecule has 0 amide bonds. The quantitative estimate of drug-likeness (QED) is 0.561. The monoisotopic (exact) mass is 309 g/mol. The Labute approximate surface area is 126 Å². The lowest BCUT2D eigenvalue weighted by molar-refractivity contribution is -0.0811. The fraction of sp³-hybridized carbons (Fsp3) is 0.538. The largest absolute Gasteiger partial charge is 0.394 e. The highest BCUT2D eigenvalue weighted by Crippen LogP contribution is 2.25. The van der Waals surface area contributed by atoms with Gasteiger partial charge in [-0.15, -0.1) is 11.3 Å². The fourth-order valence-electron chi connectivity index (χ4n) is 2.47. The summed E-state index contributed by atoms with van der Waals surface area (Å²) < 4.78 is 5.55. The summed E-state index contributed by atoms with van der Waals surface area (Å²) >= 11 is 1.57. The number of fused-ring (bicyclic) bond motifs is 1. The van der Waals surface area contributed by atoms with Gasteiger partial charge in [-0.2, -0.15) is 0 Å². The number of hydrogen-bond donors (Lipinski definition) is 3. The van der Waals surface area contributed by atoms with Gasteiger partial charge in [0.2, 0.25) is 0 Å². The Hall–Kier alpha value is -1.32. The summed E-state index contributed by atoms with van der Waals surface area (Å²) in [5, 5.41) is 12.2. The summed E-state index contributed by atoms with van der Waals surface area (Å²) in [5.41, 5.74) is 2.64. The van der Waals surface area contributed by atoms with E-state index in [2.05, 4.69) is 27.2 Å². The van der Waals surface area contributed by atoms with Gasteiger partial charge < -0.3 is 15.3 Å². The molecule has 21 heavy (non-hydrogen) atoms. The molecule has 2 unspecified atom stereocenters. The van der Waals surface area contributed by atoms with E-state index in [1.165, 1.54) is 0 Å². The highest BCUT2D eigenvalue weighted by Gasteiger charge is 2.26. The molecule has 1 aliphatic rings. The Morgan fingerprint density at radius 2 is 2.43 bits per heavy atom. The first kappa shape index (κ1) is 14.6. The number of morpholine rings is 1. The predicted octanol–water partition coefficient (Wildman–Crippen LogP) is 0.558. The maximum atomic E-state index is 9.25. The normalized spacial score (nSPS) is 23.6. The van der Waals surface area contributed by atoms with Gasteiger partial charge in [-0.05, 0) is 18.4 Å². The third-order valence-electron chi connectivity index (χ3n) is 3.69. The van der Waals surface area contributed by atoms with Gasteiger partial charge in [0.1, 0.15) is 10.7 Å². The first-order valence-electron chi connectivity index (χ1n) is 6.88. The van der Waals surface area contributed by atoms with E-state index in [9.17, 15) is 5.11 Å². The number of nitrogens with one attached hydrogen (secondary N) is 1. The first-order chi connectivity index (χ1) is 10.2. The second-order valence-electron chi connectivity index (χ2n) is 5.19. The van der Waals surface area contributed by atoms with Crippen LogP contribution in [0.15, 0.2) is 11.4 Å². The molecule has 2 aromatic heterocycles. The zero-order chi connectivity index (χ0) is 14.8. The number of nitrogen functional groups attached to an aromatic ring is 1. The third-order valence-corrected chi connectivity index (χ3v) is 4.50. The van der Waals surface area contributed by atoms with E-state index in [1.54, 1.807) is 11.3 Å². The maximum absolute atomic E-state index is 9.25. The van der Waals surface area contributed by atoms with E-state index in [0.717, 1.165) is 16.0 Å². The van der Waals surface area contributed by atoms with Crippen LogP contribution in [0.4, 0.5) is 5.82 Å². The standard InChI is InChI=1S/C13H19N5O2S/c1-8-7-20-9(6-19)4-18(8)5-11-15-12(17-14)10-2-3-21-13(10)16-11/h2-3,8-9,19H,4-7,14H2,1H3,(H,15,16,17). The van der Waals surface area contributed by atoms with Crippen molar-refractivity contribution in [2.24, 2.45) is 5.84 Å². The van der Waals surface area contributed by atoms with Crippen LogP contribution in [0.1, 0.15) is 12.7 Å². The van der Waals surface area contributed by atoms with Gasteiger partial charge >= 0.3 is 0 Å². The molecule has 0 spiro atoms. The molecule has 0 radical (unpaired) electrons. The third kappa shape index (κ3) is 2.99. The van der Waals surface area contributed by atoms with Crippen molar-refractivity contribution in [2.45, 2.75) is 25.6 Å². The molecule has 3 rings (SSSR count). The average molecular weight is 309 g/mol. The van der Waals surface area contributed by atoms with Gasteiger partial charge in [-0.25, -0.2) is 15.8 Å². The van der Waals surface area contributed by atoms with E-state index in [1.807, 2.05) is 11.4 Å². The molecular weight excluding hydrogens is 290 g/mol. The molecule has 0 bridgehead atoms. The van der Waals surface area contributed by atoms with E-state index in [4.69, 9.17) is 10.6 Å².